The summed E-state index contributed by atoms with van der Waals surface area (Å²) in [4.78, 5) is 13.3. The van der Waals surface area contributed by atoms with E-state index in [4.69, 9.17) is 4.52 Å². The summed E-state index contributed by atoms with van der Waals surface area (Å²) in [7, 11) is -3.46. The van der Waals surface area contributed by atoms with Crippen molar-refractivity contribution in [2.45, 2.75) is 32.2 Å². The number of thiophene rings is 1. The number of carbonyl (C=O) groups excluding carboxylic acids is 1. The number of sulfonamides is 1. The molecule has 0 saturated heterocycles. The molecular formula is C19H21N3O4S2. The van der Waals surface area contributed by atoms with Crippen molar-refractivity contribution in [2.75, 3.05) is 0 Å². The van der Waals surface area contributed by atoms with Crippen molar-refractivity contribution in [1.29, 1.82) is 0 Å². The average molecular weight is 420 g/mol. The Kier molecular flexibility index (Phi) is 6.28. The van der Waals surface area contributed by atoms with Crippen LogP contribution in [0.25, 0.3) is 10.6 Å². The first-order chi connectivity index (χ1) is 13.3. The summed E-state index contributed by atoms with van der Waals surface area (Å²) in [5, 5.41) is 8.49. The van der Waals surface area contributed by atoms with Crippen LogP contribution in [0.1, 0.15) is 35.5 Å². The fourth-order valence-electron chi connectivity index (χ4n) is 2.66. The molecule has 2 aromatic heterocycles. The van der Waals surface area contributed by atoms with E-state index in [1.807, 2.05) is 17.5 Å². The molecule has 3 aromatic rings. The van der Waals surface area contributed by atoms with E-state index in [-0.39, 0.29) is 29.9 Å². The van der Waals surface area contributed by atoms with Gasteiger partial charge in [0.25, 0.3) is 5.91 Å². The van der Waals surface area contributed by atoms with Gasteiger partial charge in [-0.2, -0.15) is 0 Å². The zero-order valence-electron chi connectivity index (χ0n) is 15.5. The zero-order valence-corrected chi connectivity index (χ0v) is 17.1. The van der Waals surface area contributed by atoms with Crippen LogP contribution in [0.15, 0.2) is 52.4 Å². The summed E-state index contributed by atoms with van der Waals surface area (Å²) < 4.78 is 32.2. The van der Waals surface area contributed by atoms with Crippen LogP contribution in [0.5, 0.6) is 0 Å². The molecule has 0 aliphatic carbocycles. The Morgan fingerprint density at radius 1 is 1.18 bits per heavy atom. The maximum absolute atomic E-state index is 12.4. The number of hydrogen-bond acceptors (Lipinski definition) is 6. The summed E-state index contributed by atoms with van der Waals surface area (Å²) in [5.41, 5.74) is 1.54. The van der Waals surface area contributed by atoms with Crippen LogP contribution >= 0.6 is 11.3 Å². The van der Waals surface area contributed by atoms with E-state index in [1.165, 1.54) is 11.3 Å². The molecule has 0 fully saturated rings. The highest BCUT2D eigenvalue weighted by Crippen LogP contribution is 2.25. The maximum atomic E-state index is 12.4. The molecule has 28 heavy (non-hydrogen) atoms. The van der Waals surface area contributed by atoms with Crippen molar-refractivity contribution >= 4 is 27.3 Å². The predicted octanol–water partition coefficient (Wildman–Crippen LogP) is 3.16. The molecule has 0 bridgehead atoms. The van der Waals surface area contributed by atoms with Gasteiger partial charge in [-0.15, -0.1) is 11.3 Å². The molecule has 0 saturated carbocycles. The fourth-order valence-corrected chi connectivity index (χ4v) is 4.83. The van der Waals surface area contributed by atoms with Gasteiger partial charge in [-0.05, 0) is 36.4 Å². The van der Waals surface area contributed by atoms with E-state index in [0.29, 0.717) is 11.3 Å². The smallest absolute Gasteiger partial charge is 0.273 e. The van der Waals surface area contributed by atoms with E-state index in [0.717, 1.165) is 10.4 Å². The van der Waals surface area contributed by atoms with Crippen LogP contribution in [0.2, 0.25) is 0 Å². The Morgan fingerprint density at radius 2 is 1.93 bits per heavy atom. The van der Waals surface area contributed by atoms with Crippen LogP contribution in [0.3, 0.4) is 0 Å². The van der Waals surface area contributed by atoms with Gasteiger partial charge in [0.15, 0.2) is 11.5 Å². The molecule has 1 aromatic carbocycles. The topological polar surface area (TPSA) is 101 Å². The van der Waals surface area contributed by atoms with Gasteiger partial charge in [-0.1, -0.05) is 35.5 Å². The van der Waals surface area contributed by atoms with Crippen molar-refractivity contribution in [2.24, 2.45) is 0 Å². The number of nitrogens with zero attached hydrogens (tertiary/aromatic N) is 1. The first-order valence-corrected chi connectivity index (χ1v) is 11.2. The van der Waals surface area contributed by atoms with Crippen molar-refractivity contribution in [3.63, 3.8) is 0 Å². The minimum absolute atomic E-state index is 0.149. The molecule has 0 unspecified atom stereocenters. The van der Waals surface area contributed by atoms with E-state index in [9.17, 15) is 13.2 Å². The molecule has 1 amide bonds. The number of carbonyl (C=O) groups is 1. The highest BCUT2D eigenvalue weighted by molar-refractivity contribution is 7.88. The van der Waals surface area contributed by atoms with Gasteiger partial charge in [-0.3, -0.25) is 4.79 Å². The van der Waals surface area contributed by atoms with Crippen LogP contribution in [-0.2, 0) is 22.3 Å². The quantitative estimate of drug-likeness (QED) is 0.584. The number of hydrogen-bond donors (Lipinski definition) is 2. The van der Waals surface area contributed by atoms with Crippen LogP contribution in [-0.4, -0.2) is 25.5 Å². The molecule has 0 aliphatic heterocycles. The fraction of sp³-hybridized carbons (Fsp3) is 0.263. The normalized spacial score (nSPS) is 11.7. The Hall–Kier alpha value is -2.49. The van der Waals surface area contributed by atoms with Gasteiger partial charge in [0.1, 0.15) is 0 Å². The Labute approximate surface area is 167 Å². The van der Waals surface area contributed by atoms with Gasteiger partial charge in [0, 0.05) is 18.7 Å². The number of benzene rings is 1. The molecule has 2 N–H and O–H groups in total. The Balaban J connectivity index is 1.67. The lowest BCUT2D eigenvalue weighted by molar-refractivity contribution is 0.0942. The van der Waals surface area contributed by atoms with Crippen molar-refractivity contribution in [3.8, 4) is 10.6 Å². The molecule has 0 radical (unpaired) electrons. The number of rotatable bonds is 8. The molecule has 7 nitrogen and oxygen atoms in total. The molecule has 9 heteroatoms. The molecule has 148 valence electrons. The number of amides is 1. The maximum Gasteiger partial charge on any atom is 0.273 e. The molecule has 0 atom stereocenters. The second kappa shape index (κ2) is 8.68. The molecule has 0 spiro atoms. The molecule has 2 heterocycles. The predicted molar refractivity (Wildman–Crippen MR) is 108 cm³/mol. The average Bonchev–Trinajstić information content (AvgIpc) is 3.30. The summed E-state index contributed by atoms with van der Waals surface area (Å²) in [6.45, 7) is 3.73. The van der Waals surface area contributed by atoms with E-state index >= 15 is 0 Å². The van der Waals surface area contributed by atoms with E-state index < -0.39 is 10.0 Å². The molecule has 0 aliphatic rings. The lowest BCUT2D eigenvalue weighted by Gasteiger charge is -2.13. The zero-order chi connectivity index (χ0) is 20.1. The highest BCUT2D eigenvalue weighted by Gasteiger charge is 2.17. The monoisotopic (exact) mass is 419 g/mol. The van der Waals surface area contributed by atoms with Gasteiger partial charge in [0.05, 0.1) is 10.6 Å². The first-order valence-electron chi connectivity index (χ1n) is 8.69. The highest BCUT2D eigenvalue weighted by atomic mass is 32.2. The first kappa shape index (κ1) is 20.2. The van der Waals surface area contributed by atoms with Crippen LogP contribution in [0.4, 0.5) is 0 Å². The van der Waals surface area contributed by atoms with Gasteiger partial charge < -0.3 is 9.84 Å². The Morgan fingerprint density at radius 3 is 2.61 bits per heavy atom. The van der Waals surface area contributed by atoms with Gasteiger partial charge in [-0.25, -0.2) is 13.1 Å². The molecule has 3 rings (SSSR count). The largest absolute Gasteiger partial charge is 0.355 e. The van der Waals surface area contributed by atoms with Crippen molar-refractivity contribution in [3.05, 3.63) is 64.7 Å². The summed E-state index contributed by atoms with van der Waals surface area (Å²) >= 11 is 1.49. The summed E-state index contributed by atoms with van der Waals surface area (Å²) in [6.07, 6.45) is 0. The summed E-state index contributed by atoms with van der Waals surface area (Å²) in [6, 6.07) is 12.3. The third kappa shape index (κ3) is 5.28. The minimum Gasteiger partial charge on any atom is -0.355 e. The van der Waals surface area contributed by atoms with Gasteiger partial charge >= 0.3 is 0 Å². The summed E-state index contributed by atoms with van der Waals surface area (Å²) in [5.74, 6) is -0.0000924. The van der Waals surface area contributed by atoms with Crippen LogP contribution < -0.4 is 10.0 Å². The third-order valence-corrected chi connectivity index (χ3v) is 6.23. The SMILES string of the molecule is CC(C)NS(=O)(=O)Cc1ccccc1CNC(=O)c1cc(-c2cccs2)on1. The van der Waals surface area contributed by atoms with E-state index in [1.54, 1.807) is 44.2 Å². The standard InChI is InChI=1S/C19H21N3O4S2/c1-13(2)22-28(24,25)12-15-7-4-3-6-14(15)11-20-19(23)16-10-17(26-21-16)18-8-5-9-27-18/h3-10,13,22H,11-12H2,1-2H3,(H,20,23). The Bertz CT molecular complexity index is 1040. The number of aromatic nitrogens is 1. The van der Waals surface area contributed by atoms with Crippen molar-refractivity contribution in [1.82, 2.24) is 15.2 Å². The lowest BCUT2D eigenvalue weighted by Crippen LogP contribution is -2.32. The minimum atomic E-state index is -3.46. The van der Waals surface area contributed by atoms with Gasteiger partial charge in [0.2, 0.25) is 10.0 Å². The van der Waals surface area contributed by atoms with E-state index in [2.05, 4.69) is 15.2 Å². The third-order valence-electron chi connectivity index (χ3n) is 3.83. The number of nitrogens with one attached hydrogen (secondary N) is 2. The van der Waals surface area contributed by atoms with Crippen LogP contribution in [0, 0.1) is 0 Å². The second-order valence-electron chi connectivity index (χ2n) is 6.54. The molecular weight excluding hydrogens is 398 g/mol. The second-order valence-corrected chi connectivity index (χ2v) is 9.24. The van der Waals surface area contributed by atoms with Crippen molar-refractivity contribution < 1.29 is 17.7 Å². The lowest BCUT2D eigenvalue weighted by atomic mass is 10.1.